The van der Waals surface area contributed by atoms with E-state index in [9.17, 15) is 0 Å². The molecule has 0 saturated carbocycles. The molecule has 0 aliphatic carbocycles. The predicted octanol–water partition coefficient (Wildman–Crippen LogP) is 4.80. The summed E-state index contributed by atoms with van der Waals surface area (Å²) in [7, 11) is 3.19. The summed E-state index contributed by atoms with van der Waals surface area (Å²) in [6, 6.07) is 13.3. The van der Waals surface area contributed by atoms with Gasteiger partial charge in [0.25, 0.3) is 5.89 Å². The van der Waals surface area contributed by atoms with Crippen molar-refractivity contribution < 1.29 is 13.9 Å². The summed E-state index contributed by atoms with van der Waals surface area (Å²) in [5.41, 5.74) is 2.77. The van der Waals surface area contributed by atoms with E-state index < -0.39 is 0 Å². The van der Waals surface area contributed by atoms with E-state index in [4.69, 9.17) is 25.5 Å². The van der Waals surface area contributed by atoms with Crippen molar-refractivity contribution in [3.05, 3.63) is 59.5 Å². The molecule has 0 bridgehead atoms. The molecule has 0 aliphatic rings. The zero-order valence-electron chi connectivity index (χ0n) is 14.1. The van der Waals surface area contributed by atoms with Gasteiger partial charge in [0, 0.05) is 11.6 Å². The van der Waals surface area contributed by atoms with Gasteiger partial charge in [-0.3, -0.25) is 0 Å². The molecular weight excluding hydrogens is 340 g/mol. The molecule has 3 rings (SSSR count). The Hall–Kier alpha value is -2.79. The van der Waals surface area contributed by atoms with Gasteiger partial charge in [-0.1, -0.05) is 29.3 Å². The van der Waals surface area contributed by atoms with Crippen LogP contribution < -0.4 is 9.47 Å². The van der Waals surface area contributed by atoms with Crippen LogP contribution in [-0.4, -0.2) is 24.4 Å². The van der Waals surface area contributed by atoms with E-state index in [1.807, 2.05) is 43.3 Å². The molecule has 0 fully saturated rings. The van der Waals surface area contributed by atoms with Crippen molar-refractivity contribution in [3.8, 4) is 23.0 Å². The Morgan fingerprint density at radius 2 is 1.76 bits per heavy atom. The lowest BCUT2D eigenvalue weighted by Crippen LogP contribution is -1.88. The highest BCUT2D eigenvalue weighted by atomic mass is 35.5. The highest BCUT2D eigenvalue weighted by molar-refractivity contribution is 6.50. The Labute approximate surface area is 150 Å². The average molecular weight is 357 g/mol. The highest BCUT2D eigenvalue weighted by Gasteiger charge is 2.12. The van der Waals surface area contributed by atoms with E-state index in [1.165, 1.54) is 0 Å². The van der Waals surface area contributed by atoms with Crippen LogP contribution in [0.1, 0.15) is 17.0 Å². The zero-order chi connectivity index (χ0) is 17.8. The van der Waals surface area contributed by atoms with Gasteiger partial charge in [0.15, 0.2) is 0 Å². The standard InChI is InChI=1S/C19H17ClN2O3/c1-12-5-4-6-14(7-12)18-21-22-19(25-18)17(20)10-13-8-15(23-2)11-16(9-13)24-3/h4-11H,1-3H3/b17-10-. The molecule has 0 spiro atoms. The van der Waals surface area contributed by atoms with Crippen molar-refractivity contribution in [2.75, 3.05) is 14.2 Å². The number of benzene rings is 2. The van der Waals surface area contributed by atoms with Crippen LogP contribution in [0.5, 0.6) is 11.5 Å². The lowest BCUT2D eigenvalue weighted by atomic mass is 10.1. The molecule has 5 nitrogen and oxygen atoms in total. The summed E-state index contributed by atoms with van der Waals surface area (Å²) in [5.74, 6) is 2.01. The fraction of sp³-hybridized carbons (Fsp3) is 0.158. The summed E-state index contributed by atoms with van der Waals surface area (Å²) < 4.78 is 16.2. The number of hydrogen-bond acceptors (Lipinski definition) is 5. The summed E-state index contributed by atoms with van der Waals surface area (Å²) in [4.78, 5) is 0. The maximum atomic E-state index is 6.35. The SMILES string of the molecule is COc1cc(/C=C(\Cl)c2nnc(-c3cccc(C)c3)o2)cc(OC)c1. The molecule has 3 aromatic rings. The molecule has 0 atom stereocenters. The van der Waals surface area contributed by atoms with Crippen LogP contribution in [-0.2, 0) is 0 Å². The Morgan fingerprint density at radius 3 is 2.40 bits per heavy atom. The molecular formula is C19H17ClN2O3. The van der Waals surface area contributed by atoms with Gasteiger partial charge in [0.05, 0.1) is 14.2 Å². The fourth-order valence-corrected chi connectivity index (χ4v) is 2.54. The fourth-order valence-electron chi connectivity index (χ4n) is 2.34. The largest absolute Gasteiger partial charge is 0.497 e. The van der Waals surface area contributed by atoms with Gasteiger partial charge < -0.3 is 13.9 Å². The van der Waals surface area contributed by atoms with Gasteiger partial charge in [-0.2, -0.15) is 0 Å². The average Bonchev–Trinajstić information content (AvgIpc) is 3.11. The molecule has 128 valence electrons. The first-order valence-electron chi connectivity index (χ1n) is 7.60. The molecule has 0 aliphatic heterocycles. The third kappa shape index (κ3) is 4.00. The first-order chi connectivity index (χ1) is 12.1. The molecule has 0 N–H and O–H groups in total. The second-order valence-corrected chi connectivity index (χ2v) is 5.83. The summed E-state index contributed by atoms with van der Waals surface area (Å²) in [6.45, 7) is 2.00. The van der Waals surface area contributed by atoms with E-state index in [0.717, 1.165) is 16.7 Å². The number of hydrogen-bond donors (Lipinski definition) is 0. The van der Waals surface area contributed by atoms with E-state index in [2.05, 4.69) is 10.2 Å². The van der Waals surface area contributed by atoms with Gasteiger partial charge in [-0.05, 0) is 42.8 Å². The van der Waals surface area contributed by atoms with Crippen LogP contribution >= 0.6 is 11.6 Å². The van der Waals surface area contributed by atoms with Crippen LogP contribution in [0.15, 0.2) is 46.9 Å². The number of nitrogens with zero attached hydrogens (tertiary/aromatic N) is 2. The zero-order valence-corrected chi connectivity index (χ0v) is 14.9. The third-order valence-electron chi connectivity index (χ3n) is 3.56. The van der Waals surface area contributed by atoms with Crippen molar-refractivity contribution in [2.45, 2.75) is 6.92 Å². The Balaban J connectivity index is 1.91. The molecule has 0 saturated heterocycles. The minimum atomic E-state index is 0.250. The number of halogens is 1. The Morgan fingerprint density at radius 1 is 1.04 bits per heavy atom. The van der Waals surface area contributed by atoms with Crippen molar-refractivity contribution in [1.29, 1.82) is 0 Å². The molecule has 1 aromatic heterocycles. The van der Waals surface area contributed by atoms with E-state index >= 15 is 0 Å². The predicted molar refractivity (Wildman–Crippen MR) is 97.7 cm³/mol. The van der Waals surface area contributed by atoms with Crippen LogP contribution in [0.25, 0.3) is 22.6 Å². The highest BCUT2D eigenvalue weighted by Crippen LogP contribution is 2.28. The number of aryl methyl sites for hydroxylation is 1. The van der Waals surface area contributed by atoms with E-state index in [0.29, 0.717) is 22.4 Å². The summed E-state index contributed by atoms with van der Waals surface area (Å²) >= 11 is 6.35. The smallest absolute Gasteiger partial charge is 0.259 e. The van der Waals surface area contributed by atoms with Gasteiger partial charge in [-0.25, -0.2) is 0 Å². The third-order valence-corrected chi connectivity index (χ3v) is 3.83. The number of aromatic nitrogens is 2. The Kier molecular flexibility index (Phi) is 5.05. The summed E-state index contributed by atoms with van der Waals surface area (Å²) in [6.07, 6.45) is 1.72. The molecule has 0 unspecified atom stereocenters. The van der Waals surface area contributed by atoms with E-state index in [-0.39, 0.29) is 5.89 Å². The second kappa shape index (κ2) is 7.40. The number of rotatable bonds is 5. The van der Waals surface area contributed by atoms with E-state index in [1.54, 1.807) is 26.4 Å². The molecule has 0 radical (unpaired) electrons. The van der Waals surface area contributed by atoms with Crippen molar-refractivity contribution in [2.24, 2.45) is 0 Å². The quantitative estimate of drug-likeness (QED) is 0.657. The van der Waals surface area contributed by atoms with Crippen molar-refractivity contribution >= 4 is 22.7 Å². The molecule has 1 heterocycles. The second-order valence-electron chi connectivity index (χ2n) is 5.42. The topological polar surface area (TPSA) is 57.4 Å². The van der Waals surface area contributed by atoms with Gasteiger partial charge in [0.2, 0.25) is 5.89 Å². The van der Waals surface area contributed by atoms with Crippen molar-refractivity contribution in [3.63, 3.8) is 0 Å². The molecule has 25 heavy (non-hydrogen) atoms. The van der Waals surface area contributed by atoms with Crippen molar-refractivity contribution in [1.82, 2.24) is 10.2 Å². The monoisotopic (exact) mass is 356 g/mol. The summed E-state index contributed by atoms with van der Waals surface area (Å²) in [5, 5.41) is 8.43. The first kappa shape index (κ1) is 17.0. The van der Waals surface area contributed by atoms with Crippen LogP contribution in [0.3, 0.4) is 0 Å². The normalized spacial score (nSPS) is 11.4. The molecule has 6 heteroatoms. The van der Waals surface area contributed by atoms with Gasteiger partial charge in [0.1, 0.15) is 16.5 Å². The maximum absolute atomic E-state index is 6.35. The van der Waals surface area contributed by atoms with Crippen LogP contribution in [0.4, 0.5) is 0 Å². The minimum Gasteiger partial charge on any atom is -0.497 e. The maximum Gasteiger partial charge on any atom is 0.259 e. The minimum absolute atomic E-state index is 0.250. The van der Waals surface area contributed by atoms with Gasteiger partial charge >= 0.3 is 0 Å². The van der Waals surface area contributed by atoms with Crippen LogP contribution in [0, 0.1) is 6.92 Å². The van der Waals surface area contributed by atoms with Crippen LogP contribution in [0.2, 0.25) is 0 Å². The number of ether oxygens (including phenoxy) is 2. The Bertz CT molecular complexity index is 896. The molecule has 2 aromatic carbocycles. The first-order valence-corrected chi connectivity index (χ1v) is 7.98. The number of methoxy groups -OCH3 is 2. The molecule has 0 amide bonds. The lowest BCUT2D eigenvalue weighted by molar-refractivity contribution is 0.394. The lowest BCUT2D eigenvalue weighted by Gasteiger charge is -2.06. The van der Waals surface area contributed by atoms with Gasteiger partial charge in [-0.15, -0.1) is 10.2 Å².